The van der Waals surface area contributed by atoms with Crippen LogP contribution in [0.2, 0.25) is 0 Å². The number of pyridine rings is 1. The van der Waals surface area contributed by atoms with E-state index in [-0.39, 0.29) is 0 Å². The first-order valence-corrected chi connectivity index (χ1v) is 6.85. The second-order valence-corrected chi connectivity index (χ2v) is 5.18. The minimum absolute atomic E-state index is 0.779. The summed E-state index contributed by atoms with van der Waals surface area (Å²) in [5.41, 5.74) is 5.61. The lowest BCUT2D eigenvalue weighted by Gasteiger charge is -2.08. The standard InChI is InChI=1S/C16H15N3O/c1-10-15-13(19-18-10)5-7-17-14(15)9-12-4-2-3-11-6-8-20-16(11)12/h2-5,7H,6,8-9H2,1H3,(H,18,19). The molecule has 0 saturated heterocycles. The Hall–Kier alpha value is -2.36. The van der Waals surface area contributed by atoms with Crippen molar-refractivity contribution in [2.45, 2.75) is 19.8 Å². The van der Waals surface area contributed by atoms with Crippen LogP contribution in [0.15, 0.2) is 30.5 Å². The SMILES string of the molecule is Cc1[nH]nc2ccnc(Cc3cccc4c3OCC4)c12. The van der Waals surface area contributed by atoms with Crippen LogP contribution >= 0.6 is 0 Å². The summed E-state index contributed by atoms with van der Waals surface area (Å²) < 4.78 is 5.77. The Bertz CT molecular complexity index is 792. The van der Waals surface area contributed by atoms with Gasteiger partial charge in [-0.25, -0.2) is 0 Å². The van der Waals surface area contributed by atoms with Crippen molar-refractivity contribution in [3.8, 4) is 5.75 Å². The van der Waals surface area contributed by atoms with Crippen LogP contribution in [0.4, 0.5) is 0 Å². The summed E-state index contributed by atoms with van der Waals surface area (Å²) in [6.07, 6.45) is 3.61. The highest BCUT2D eigenvalue weighted by Gasteiger charge is 2.17. The van der Waals surface area contributed by atoms with Crippen LogP contribution in [-0.2, 0) is 12.8 Å². The first-order valence-electron chi connectivity index (χ1n) is 6.85. The molecular weight excluding hydrogens is 250 g/mol. The van der Waals surface area contributed by atoms with E-state index in [4.69, 9.17) is 4.74 Å². The molecule has 4 heteroatoms. The molecule has 3 aromatic rings. The van der Waals surface area contributed by atoms with Crippen LogP contribution in [0.25, 0.3) is 10.9 Å². The van der Waals surface area contributed by atoms with Gasteiger partial charge < -0.3 is 4.74 Å². The summed E-state index contributed by atoms with van der Waals surface area (Å²) in [6.45, 7) is 2.82. The van der Waals surface area contributed by atoms with E-state index in [0.717, 1.165) is 47.5 Å². The zero-order valence-electron chi connectivity index (χ0n) is 11.3. The van der Waals surface area contributed by atoms with Gasteiger partial charge >= 0.3 is 0 Å². The number of H-pyrrole nitrogens is 1. The van der Waals surface area contributed by atoms with Crippen molar-refractivity contribution in [3.05, 3.63) is 53.0 Å². The molecule has 1 aliphatic rings. The third-order valence-electron chi connectivity index (χ3n) is 3.88. The second kappa shape index (κ2) is 4.34. The number of benzene rings is 1. The van der Waals surface area contributed by atoms with Gasteiger partial charge in [0, 0.05) is 35.7 Å². The van der Waals surface area contributed by atoms with Gasteiger partial charge in [0.05, 0.1) is 17.8 Å². The predicted molar refractivity (Wildman–Crippen MR) is 77.1 cm³/mol. The maximum atomic E-state index is 5.77. The van der Waals surface area contributed by atoms with Gasteiger partial charge in [0.2, 0.25) is 0 Å². The van der Waals surface area contributed by atoms with Gasteiger partial charge in [-0.1, -0.05) is 18.2 Å². The number of hydrogen-bond donors (Lipinski definition) is 1. The van der Waals surface area contributed by atoms with Gasteiger partial charge in [0.15, 0.2) is 0 Å². The van der Waals surface area contributed by atoms with Crippen molar-refractivity contribution >= 4 is 10.9 Å². The van der Waals surface area contributed by atoms with Gasteiger partial charge in [-0.3, -0.25) is 10.1 Å². The maximum Gasteiger partial charge on any atom is 0.126 e. The molecule has 1 aliphatic heterocycles. The van der Waals surface area contributed by atoms with E-state index in [1.54, 1.807) is 0 Å². The molecule has 2 aromatic heterocycles. The molecule has 0 aliphatic carbocycles. The first-order chi connectivity index (χ1) is 9.83. The number of ether oxygens (including phenoxy) is 1. The summed E-state index contributed by atoms with van der Waals surface area (Å²) in [5.74, 6) is 1.05. The van der Waals surface area contributed by atoms with E-state index in [9.17, 15) is 0 Å². The number of fused-ring (bicyclic) bond motifs is 2. The molecule has 4 rings (SSSR count). The minimum atomic E-state index is 0.779. The van der Waals surface area contributed by atoms with Crippen molar-refractivity contribution < 1.29 is 4.74 Å². The highest BCUT2D eigenvalue weighted by Crippen LogP contribution is 2.32. The Kier molecular flexibility index (Phi) is 2.49. The molecule has 1 aromatic carbocycles. The van der Waals surface area contributed by atoms with Crippen LogP contribution in [-0.4, -0.2) is 21.8 Å². The molecule has 0 atom stereocenters. The van der Waals surface area contributed by atoms with Crippen molar-refractivity contribution in [2.24, 2.45) is 0 Å². The average Bonchev–Trinajstić information content (AvgIpc) is 3.07. The van der Waals surface area contributed by atoms with E-state index < -0.39 is 0 Å². The summed E-state index contributed by atoms with van der Waals surface area (Å²) in [7, 11) is 0. The normalized spacial score (nSPS) is 13.4. The lowest BCUT2D eigenvalue weighted by atomic mass is 10.0. The van der Waals surface area contributed by atoms with E-state index in [1.165, 1.54) is 11.1 Å². The number of hydrogen-bond acceptors (Lipinski definition) is 3. The van der Waals surface area contributed by atoms with Crippen LogP contribution in [0, 0.1) is 6.92 Å². The third-order valence-corrected chi connectivity index (χ3v) is 3.88. The Morgan fingerprint density at radius 3 is 3.20 bits per heavy atom. The summed E-state index contributed by atoms with van der Waals surface area (Å²) in [6, 6.07) is 8.31. The van der Waals surface area contributed by atoms with Gasteiger partial charge in [-0.05, 0) is 18.6 Å². The molecular formula is C16H15N3O. The predicted octanol–water partition coefficient (Wildman–Crippen LogP) is 2.79. The van der Waals surface area contributed by atoms with Gasteiger partial charge in [-0.2, -0.15) is 5.10 Å². The molecule has 1 N–H and O–H groups in total. The fourth-order valence-corrected chi connectivity index (χ4v) is 2.93. The Labute approximate surface area is 116 Å². The van der Waals surface area contributed by atoms with Crippen LogP contribution < -0.4 is 4.74 Å². The average molecular weight is 265 g/mol. The number of nitrogens with one attached hydrogen (secondary N) is 1. The largest absolute Gasteiger partial charge is 0.493 e. The molecule has 0 amide bonds. The number of aryl methyl sites for hydroxylation is 1. The van der Waals surface area contributed by atoms with E-state index in [0.29, 0.717) is 0 Å². The van der Waals surface area contributed by atoms with Crippen LogP contribution in [0.1, 0.15) is 22.5 Å². The Morgan fingerprint density at radius 1 is 1.30 bits per heavy atom. The summed E-state index contributed by atoms with van der Waals surface area (Å²) in [5, 5.41) is 8.46. The van der Waals surface area contributed by atoms with Crippen LogP contribution in [0.3, 0.4) is 0 Å². The third kappa shape index (κ3) is 1.68. The Morgan fingerprint density at radius 2 is 2.25 bits per heavy atom. The number of rotatable bonds is 2. The van der Waals surface area contributed by atoms with Crippen molar-refractivity contribution in [3.63, 3.8) is 0 Å². The van der Waals surface area contributed by atoms with Gasteiger partial charge in [0.25, 0.3) is 0 Å². The first kappa shape index (κ1) is 11.5. The minimum Gasteiger partial charge on any atom is -0.493 e. The molecule has 0 spiro atoms. The fraction of sp³-hybridized carbons (Fsp3) is 0.250. The lowest BCUT2D eigenvalue weighted by Crippen LogP contribution is -1.97. The highest BCUT2D eigenvalue weighted by atomic mass is 16.5. The van der Waals surface area contributed by atoms with Gasteiger partial charge in [-0.15, -0.1) is 0 Å². The molecule has 0 bridgehead atoms. The fourth-order valence-electron chi connectivity index (χ4n) is 2.93. The smallest absolute Gasteiger partial charge is 0.126 e. The molecule has 0 saturated carbocycles. The van der Waals surface area contributed by atoms with Crippen molar-refractivity contribution in [1.82, 2.24) is 15.2 Å². The quantitative estimate of drug-likeness (QED) is 0.775. The number of aromatic amines is 1. The molecule has 100 valence electrons. The van der Waals surface area contributed by atoms with Gasteiger partial charge in [0.1, 0.15) is 5.75 Å². The molecule has 4 nitrogen and oxygen atoms in total. The topological polar surface area (TPSA) is 50.8 Å². The second-order valence-electron chi connectivity index (χ2n) is 5.18. The summed E-state index contributed by atoms with van der Waals surface area (Å²) >= 11 is 0. The van der Waals surface area contributed by atoms with Crippen molar-refractivity contribution in [1.29, 1.82) is 0 Å². The number of para-hydroxylation sites is 1. The van der Waals surface area contributed by atoms with Crippen molar-refractivity contribution in [2.75, 3.05) is 6.61 Å². The maximum absolute atomic E-state index is 5.77. The summed E-state index contributed by atoms with van der Waals surface area (Å²) in [4.78, 5) is 4.55. The number of aromatic nitrogens is 3. The highest BCUT2D eigenvalue weighted by molar-refractivity contribution is 5.83. The molecule has 20 heavy (non-hydrogen) atoms. The Balaban J connectivity index is 1.82. The molecule has 0 unspecified atom stereocenters. The van der Waals surface area contributed by atoms with Crippen LogP contribution in [0.5, 0.6) is 5.75 Å². The van der Waals surface area contributed by atoms with E-state index >= 15 is 0 Å². The molecule has 3 heterocycles. The zero-order valence-corrected chi connectivity index (χ0v) is 11.3. The monoisotopic (exact) mass is 265 g/mol. The zero-order chi connectivity index (χ0) is 13.5. The molecule has 0 radical (unpaired) electrons. The van der Waals surface area contributed by atoms with E-state index in [2.05, 4.69) is 33.4 Å². The molecule has 0 fully saturated rings. The lowest BCUT2D eigenvalue weighted by molar-refractivity contribution is 0.354. The number of nitrogens with zero attached hydrogens (tertiary/aromatic N) is 2. The van der Waals surface area contributed by atoms with E-state index in [1.807, 2.05) is 19.2 Å².